The second-order valence-electron chi connectivity index (χ2n) is 11.9. The molecule has 2 aliphatic heterocycles. The van der Waals surface area contributed by atoms with Crippen LogP contribution in [0.4, 0.5) is 0 Å². The Balaban J connectivity index is 0.00000338. The first-order valence-corrected chi connectivity index (χ1v) is 15.6. The normalized spacial score (nSPS) is 21.9. The van der Waals surface area contributed by atoms with Crippen molar-refractivity contribution in [3.05, 3.63) is 215 Å². The van der Waals surface area contributed by atoms with Gasteiger partial charge in [0.25, 0.3) is 0 Å². The SMILES string of the molecule is C.c1ccc(C2(COCC3(c4ccccc4)OC3(c3ccccc3)c3ccccc3)OC2(c2ccccc2)c2ccccc2)cc1. The Bertz CT molecular complexity index is 1640. The van der Waals surface area contributed by atoms with Crippen LogP contribution in [-0.2, 0) is 36.6 Å². The van der Waals surface area contributed by atoms with E-state index >= 15 is 0 Å². The van der Waals surface area contributed by atoms with E-state index in [2.05, 4.69) is 146 Å². The number of benzene rings is 6. The molecule has 0 amide bonds. The molecule has 0 radical (unpaired) electrons. The molecule has 0 N–H and O–H groups in total. The van der Waals surface area contributed by atoms with Crippen LogP contribution in [0.2, 0.25) is 0 Å². The van der Waals surface area contributed by atoms with Gasteiger partial charge in [0.1, 0.15) is 0 Å². The Morgan fingerprint density at radius 2 is 0.543 bits per heavy atom. The molecule has 8 rings (SSSR count). The predicted molar refractivity (Wildman–Crippen MR) is 183 cm³/mol. The van der Waals surface area contributed by atoms with E-state index in [4.69, 9.17) is 14.2 Å². The van der Waals surface area contributed by atoms with Crippen molar-refractivity contribution in [2.45, 2.75) is 29.8 Å². The number of epoxide rings is 2. The van der Waals surface area contributed by atoms with E-state index in [-0.39, 0.29) is 7.43 Å². The zero-order chi connectivity index (χ0) is 30.2. The lowest BCUT2D eigenvalue weighted by molar-refractivity contribution is 0.0402. The van der Waals surface area contributed by atoms with E-state index in [1.54, 1.807) is 0 Å². The van der Waals surface area contributed by atoms with E-state index < -0.39 is 22.4 Å². The zero-order valence-corrected chi connectivity index (χ0v) is 25.0. The van der Waals surface area contributed by atoms with Gasteiger partial charge < -0.3 is 14.2 Å². The van der Waals surface area contributed by atoms with E-state index in [0.717, 1.165) is 33.4 Å². The van der Waals surface area contributed by atoms with Crippen molar-refractivity contribution < 1.29 is 14.2 Å². The summed E-state index contributed by atoms with van der Waals surface area (Å²) in [7, 11) is 0. The summed E-state index contributed by atoms with van der Waals surface area (Å²) in [6.45, 7) is 0.691. The lowest BCUT2D eigenvalue weighted by Gasteiger charge is -2.25. The topological polar surface area (TPSA) is 34.3 Å². The minimum Gasteiger partial charge on any atom is -0.374 e. The molecular formula is C43H38O3. The third kappa shape index (κ3) is 4.46. The zero-order valence-electron chi connectivity index (χ0n) is 25.0. The van der Waals surface area contributed by atoms with Crippen LogP contribution < -0.4 is 0 Å². The fraction of sp³-hybridized carbons (Fsp3) is 0.163. The fourth-order valence-electron chi connectivity index (χ4n) is 7.37. The Kier molecular flexibility index (Phi) is 7.70. The van der Waals surface area contributed by atoms with Gasteiger partial charge in [-0.05, 0) is 33.4 Å². The highest BCUT2D eigenvalue weighted by molar-refractivity contribution is 5.53. The predicted octanol–water partition coefficient (Wildman–Crippen LogP) is 9.38. The maximum atomic E-state index is 7.05. The van der Waals surface area contributed by atoms with Gasteiger partial charge >= 0.3 is 0 Å². The van der Waals surface area contributed by atoms with Crippen LogP contribution >= 0.6 is 0 Å². The summed E-state index contributed by atoms with van der Waals surface area (Å²) in [6, 6.07) is 63.0. The third-order valence-corrected chi connectivity index (χ3v) is 9.52. The lowest BCUT2D eigenvalue weighted by atomic mass is 9.77. The summed E-state index contributed by atoms with van der Waals surface area (Å²) >= 11 is 0. The molecule has 6 aromatic rings. The van der Waals surface area contributed by atoms with Gasteiger partial charge in [0.05, 0.1) is 13.2 Å². The van der Waals surface area contributed by atoms with Crippen molar-refractivity contribution >= 4 is 0 Å². The molecule has 2 heterocycles. The molecule has 0 spiro atoms. The van der Waals surface area contributed by atoms with E-state index in [9.17, 15) is 0 Å². The van der Waals surface area contributed by atoms with Crippen LogP contribution in [0.3, 0.4) is 0 Å². The monoisotopic (exact) mass is 602 g/mol. The van der Waals surface area contributed by atoms with Gasteiger partial charge in [-0.25, -0.2) is 0 Å². The summed E-state index contributed by atoms with van der Waals surface area (Å²) in [5.41, 5.74) is 3.73. The van der Waals surface area contributed by atoms with Gasteiger partial charge in [0.15, 0.2) is 22.4 Å². The maximum Gasteiger partial charge on any atom is 0.155 e. The van der Waals surface area contributed by atoms with Crippen LogP contribution in [0.25, 0.3) is 0 Å². The smallest absolute Gasteiger partial charge is 0.155 e. The Hall–Kier alpha value is -4.80. The van der Waals surface area contributed by atoms with E-state index in [1.165, 1.54) is 0 Å². The van der Waals surface area contributed by atoms with Gasteiger partial charge in [-0.15, -0.1) is 0 Å². The molecule has 3 heteroatoms. The summed E-state index contributed by atoms with van der Waals surface area (Å²) in [6.07, 6.45) is 0. The van der Waals surface area contributed by atoms with Crippen molar-refractivity contribution in [2.24, 2.45) is 0 Å². The van der Waals surface area contributed by atoms with Gasteiger partial charge in [-0.2, -0.15) is 0 Å². The molecule has 0 bridgehead atoms. The van der Waals surface area contributed by atoms with Crippen LogP contribution in [-0.4, -0.2) is 13.2 Å². The summed E-state index contributed by atoms with van der Waals surface area (Å²) < 4.78 is 21.0. The molecule has 2 atom stereocenters. The number of hydrogen-bond donors (Lipinski definition) is 0. The average Bonchev–Trinajstić information content (AvgIpc) is 4.03. The first-order chi connectivity index (χ1) is 22.3. The number of rotatable bonds is 10. The van der Waals surface area contributed by atoms with Crippen LogP contribution in [0.15, 0.2) is 182 Å². The van der Waals surface area contributed by atoms with Crippen molar-refractivity contribution in [1.82, 2.24) is 0 Å². The molecule has 2 unspecified atom stereocenters. The molecule has 228 valence electrons. The number of ether oxygens (including phenoxy) is 3. The fourth-order valence-corrected chi connectivity index (χ4v) is 7.37. The van der Waals surface area contributed by atoms with Crippen molar-refractivity contribution in [1.29, 1.82) is 0 Å². The average molecular weight is 603 g/mol. The molecule has 2 aliphatic rings. The van der Waals surface area contributed by atoms with E-state index in [0.29, 0.717) is 13.2 Å². The van der Waals surface area contributed by atoms with Crippen molar-refractivity contribution in [3.63, 3.8) is 0 Å². The first kappa shape index (κ1) is 29.9. The Morgan fingerprint density at radius 3 is 0.783 bits per heavy atom. The Morgan fingerprint density at radius 1 is 0.326 bits per heavy atom. The summed E-state index contributed by atoms with van der Waals surface area (Å²) in [5, 5.41) is 0. The highest BCUT2D eigenvalue weighted by atomic mass is 16.7. The number of hydrogen-bond acceptors (Lipinski definition) is 3. The maximum absolute atomic E-state index is 7.05. The second kappa shape index (κ2) is 11.9. The van der Waals surface area contributed by atoms with Gasteiger partial charge in [0.2, 0.25) is 0 Å². The molecule has 0 saturated carbocycles. The first-order valence-electron chi connectivity index (χ1n) is 15.6. The molecule has 0 aromatic heterocycles. The molecule has 0 aliphatic carbocycles. The van der Waals surface area contributed by atoms with Crippen molar-refractivity contribution in [2.75, 3.05) is 13.2 Å². The molecule has 3 nitrogen and oxygen atoms in total. The summed E-state index contributed by atoms with van der Waals surface area (Å²) in [5.74, 6) is 0. The van der Waals surface area contributed by atoms with E-state index in [1.807, 2.05) is 36.4 Å². The quantitative estimate of drug-likeness (QED) is 0.147. The van der Waals surface area contributed by atoms with Gasteiger partial charge in [-0.1, -0.05) is 189 Å². The van der Waals surface area contributed by atoms with Crippen LogP contribution in [0, 0.1) is 0 Å². The summed E-state index contributed by atoms with van der Waals surface area (Å²) in [4.78, 5) is 0. The Labute approximate surface area is 272 Å². The highest BCUT2D eigenvalue weighted by Gasteiger charge is 2.75. The second-order valence-corrected chi connectivity index (χ2v) is 11.9. The molecule has 6 aromatic carbocycles. The standard InChI is InChI=1S/C42H34O3.CH4/c1-7-19-33(20-8-1)39(41(44-39,35-23-11-3-12-24-35)36-25-13-4-14-26-36)31-43-32-40(34-21-9-2-10-22-34)42(45-40,37-27-15-5-16-28-37)38-29-17-6-18-30-38;/h1-30H,31-32H2;1H4. The minimum atomic E-state index is -0.730. The molecule has 2 saturated heterocycles. The van der Waals surface area contributed by atoms with Crippen LogP contribution in [0.5, 0.6) is 0 Å². The van der Waals surface area contributed by atoms with Crippen molar-refractivity contribution in [3.8, 4) is 0 Å². The molecule has 46 heavy (non-hydrogen) atoms. The third-order valence-electron chi connectivity index (χ3n) is 9.52. The molecular weight excluding hydrogens is 564 g/mol. The highest BCUT2D eigenvalue weighted by Crippen LogP contribution is 2.68. The molecule has 2 fully saturated rings. The largest absolute Gasteiger partial charge is 0.374 e. The minimum absolute atomic E-state index is 0. The van der Waals surface area contributed by atoms with Gasteiger partial charge in [-0.3, -0.25) is 0 Å². The lowest BCUT2D eigenvalue weighted by Crippen LogP contribution is -2.33. The van der Waals surface area contributed by atoms with Gasteiger partial charge in [0, 0.05) is 0 Å². The van der Waals surface area contributed by atoms with Crippen LogP contribution in [0.1, 0.15) is 40.8 Å².